The molecule has 1 aromatic heterocycles. The summed E-state index contributed by atoms with van der Waals surface area (Å²) in [5, 5.41) is 2.04. The normalized spacial score (nSPS) is 17.3. The van der Waals surface area contributed by atoms with Crippen molar-refractivity contribution in [2.24, 2.45) is 0 Å². The highest BCUT2D eigenvalue weighted by molar-refractivity contribution is 5.59. The van der Waals surface area contributed by atoms with Gasteiger partial charge in [-0.2, -0.15) is 0 Å². The number of hydrogen-bond donors (Lipinski definition) is 0. The molecule has 0 unspecified atom stereocenters. The lowest BCUT2D eigenvalue weighted by molar-refractivity contribution is -0.121. The van der Waals surface area contributed by atoms with Crippen LogP contribution in [0.1, 0.15) is 48.4 Å². The SMILES string of the molecule is COCc1nccc(N(OCc2ccccc2)[C@H]2CC[C@@H](c3ccc(OCC(OC)OC)cc3)CC2)c1OC. The molecule has 0 radical (unpaired) electrons. The molecule has 0 spiro atoms. The molecule has 1 heterocycles. The van der Waals surface area contributed by atoms with Gasteiger partial charge in [0, 0.05) is 27.5 Å². The van der Waals surface area contributed by atoms with E-state index < -0.39 is 0 Å². The van der Waals surface area contributed by atoms with Crippen LogP contribution in [-0.2, 0) is 32.3 Å². The number of aromatic nitrogens is 1. The Morgan fingerprint density at radius 1 is 0.846 bits per heavy atom. The van der Waals surface area contributed by atoms with Gasteiger partial charge < -0.3 is 23.7 Å². The van der Waals surface area contributed by atoms with E-state index in [2.05, 4.69) is 29.2 Å². The molecule has 0 atom stereocenters. The number of rotatable bonds is 14. The lowest BCUT2D eigenvalue weighted by Crippen LogP contribution is -2.38. The van der Waals surface area contributed by atoms with E-state index in [9.17, 15) is 0 Å². The number of nitrogens with zero attached hydrogens (tertiary/aromatic N) is 2. The monoisotopic (exact) mass is 536 g/mol. The predicted molar refractivity (Wildman–Crippen MR) is 150 cm³/mol. The Hall–Kier alpha value is -3.17. The first kappa shape index (κ1) is 28.8. The summed E-state index contributed by atoms with van der Waals surface area (Å²) in [5.41, 5.74) is 4.08. The van der Waals surface area contributed by atoms with Crippen molar-refractivity contribution >= 4 is 5.69 Å². The van der Waals surface area contributed by atoms with Crippen LogP contribution in [0, 0.1) is 0 Å². The molecule has 1 saturated carbocycles. The summed E-state index contributed by atoms with van der Waals surface area (Å²) < 4.78 is 27.4. The van der Waals surface area contributed by atoms with Gasteiger partial charge >= 0.3 is 0 Å². The van der Waals surface area contributed by atoms with Crippen LogP contribution in [-0.4, -0.2) is 52.4 Å². The molecule has 3 aromatic rings. The summed E-state index contributed by atoms with van der Waals surface area (Å²) in [6, 6.07) is 20.8. The molecule has 0 aliphatic heterocycles. The third-order valence-electron chi connectivity index (χ3n) is 7.18. The highest BCUT2D eigenvalue weighted by Gasteiger charge is 2.30. The van der Waals surface area contributed by atoms with Gasteiger partial charge in [-0.05, 0) is 60.9 Å². The molecule has 2 aromatic carbocycles. The predicted octanol–water partition coefficient (Wildman–Crippen LogP) is 5.90. The molecule has 8 nitrogen and oxygen atoms in total. The Morgan fingerprint density at radius 2 is 1.56 bits per heavy atom. The van der Waals surface area contributed by atoms with Crippen molar-refractivity contribution in [1.82, 2.24) is 4.98 Å². The van der Waals surface area contributed by atoms with E-state index >= 15 is 0 Å². The Labute approximate surface area is 231 Å². The minimum atomic E-state index is -0.378. The average molecular weight is 537 g/mol. The van der Waals surface area contributed by atoms with Crippen LogP contribution in [0.25, 0.3) is 0 Å². The van der Waals surface area contributed by atoms with E-state index in [4.69, 9.17) is 28.5 Å². The minimum absolute atomic E-state index is 0.208. The molecule has 0 N–H and O–H groups in total. The van der Waals surface area contributed by atoms with Gasteiger partial charge in [0.1, 0.15) is 23.7 Å². The van der Waals surface area contributed by atoms with E-state index in [1.165, 1.54) is 5.56 Å². The smallest absolute Gasteiger partial charge is 0.191 e. The molecule has 4 rings (SSSR count). The maximum Gasteiger partial charge on any atom is 0.191 e. The highest BCUT2D eigenvalue weighted by Crippen LogP contribution is 2.40. The van der Waals surface area contributed by atoms with Crippen LogP contribution in [0.2, 0.25) is 0 Å². The van der Waals surface area contributed by atoms with Gasteiger partial charge in [-0.3, -0.25) is 9.82 Å². The largest absolute Gasteiger partial charge is 0.492 e. The van der Waals surface area contributed by atoms with E-state index in [-0.39, 0.29) is 12.3 Å². The maximum atomic E-state index is 6.50. The molecule has 0 bridgehead atoms. The fourth-order valence-electron chi connectivity index (χ4n) is 5.08. The number of hydrogen-bond acceptors (Lipinski definition) is 8. The number of benzene rings is 2. The summed E-state index contributed by atoms with van der Waals surface area (Å²) >= 11 is 0. The zero-order valence-electron chi connectivity index (χ0n) is 23.4. The molecule has 39 heavy (non-hydrogen) atoms. The van der Waals surface area contributed by atoms with Gasteiger partial charge in [-0.1, -0.05) is 42.5 Å². The topological polar surface area (TPSA) is 71.5 Å². The Bertz CT molecular complexity index is 1120. The Morgan fingerprint density at radius 3 is 2.21 bits per heavy atom. The summed E-state index contributed by atoms with van der Waals surface area (Å²) in [5.74, 6) is 1.98. The van der Waals surface area contributed by atoms with E-state index in [0.29, 0.717) is 31.5 Å². The average Bonchev–Trinajstić information content (AvgIpc) is 2.99. The van der Waals surface area contributed by atoms with Gasteiger partial charge in [0.05, 0.1) is 26.4 Å². The van der Waals surface area contributed by atoms with Crippen LogP contribution in [0.4, 0.5) is 5.69 Å². The van der Waals surface area contributed by atoms with Gasteiger partial charge in [-0.25, -0.2) is 5.06 Å². The Kier molecular flexibility index (Phi) is 11.0. The van der Waals surface area contributed by atoms with E-state index in [1.807, 2.05) is 41.5 Å². The van der Waals surface area contributed by atoms with Crippen molar-refractivity contribution in [3.63, 3.8) is 0 Å². The summed E-state index contributed by atoms with van der Waals surface area (Å²) in [4.78, 5) is 11.0. The zero-order chi connectivity index (χ0) is 27.5. The van der Waals surface area contributed by atoms with Gasteiger partial charge in [0.2, 0.25) is 0 Å². The summed E-state index contributed by atoms with van der Waals surface area (Å²) in [6.07, 6.45) is 5.52. The minimum Gasteiger partial charge on any atom is -0.492 e. The first-order valence-corrected chi connectivity index (χ1v) is 13.4. The second kappa shape index (κ2) is 14.8. The third-order valence-corrected chi connectivity index (χ3v) is 7.18. The standard InChI is InChI=1S/C31H40N2O6/c1-34-21-28-31(37-4)29(18-19-32-28)33(39-20-23-8-6-5-7-9-23)26-14-10-24(11-15-26)25-12-16-27(17-13-25)38-22-30(35-2)36-3/h5-9,12-13,16-19,24,26,30H,10-11,14-15,20-22H2,1-4H3/t24-,26+. The summed E-state index contributed by atoms with van der Waals surface area (Å²) in [6.45, 7) is 1.19. The Balaban J connectivity index is 1.45. The number of ether oxygens (including phenoxy) is 5. The molecule has 0 amide bonds. The molecule has 1 fully saturated rings. The first-order valence-electron chi connectivity index (χ1n) is 13.4. The van der Waals surface area contributed by atoms with Crippen molar-refractivity contribution in [3.8, 4) is 11.5 Å². The lowest BCUT2D eigenvalue weighted by atomic mass is 9.81. The molecule has 0 saturated heterocycles. The van der Waals surface area contributed by atoms with Crippen LogP contribution in [0.5, 0.6) is 11.5 Å². The van der Waals surface area contributed by atoms with Gasteiger partial charge in [-0.15, -0.1) is 0 Å². The van der Waals surface area contributed by atoms with Crippen LogP contribution < -0.4 is 14.5 Å². The molecule has 1 aliphatic carbocycles. The lowest BCUT2D eigenvalue weighted by Gasteiger charge is -2.38. The fraction of sp³-hybridized carbons (Fsp3) is 0.452. The molecule has 1 aliphatic rings. The van der Waals surface area contributed by atoms with Crippen LogP contribution in [0.15, 0.2) is 66.9 Å². The van der Waals surface area contributed by atoms with Crippen molar-refractivity contribution in [2.75, 3.05) is 40.1 Å². The number of hydroxylamine groups is 1. The second-order valence-electron chi connectivity index (χ2n) is 9.61. The van der Waals surface area contributed by atoms with Crippen LogP contribution in [0.3, 0.4) is 0 Å². The molecular weight excluding hydrogens is 496 g/mol. The zero-order valence-corrected chi connectivity index (χ0v) is 23.4. The number of pyridine rings is 1. The number of methoxy groups -OCH3 is 4. The maximum absolute atomic E-state index is 6.50. The first-order chi connectivity index (χ1) is 19.2. The number of anilines is 1. The van der Waals surface area contributed by atoms with E-state index in [0.717, 1.165) is 48.4 Å². The van der Waals surface area contributed by atoms with E-state index in [1.54, 1.807) is 34.6 Å². The van der Waals surface area contributed by atoms with Crippen molar-refractivity contribution in [2.45, 2.75) is 57.1 Å². The fourth-order valence-corrected chi connectivity index (χ4v) is 5.08. The molecule has 8 heteroatoms. The van der Waals surface area contributed by atoms with Gasteiger partial charge in [0.25, 0.3) is 0 Å². The van der Waals surface area contributed by atoms with Gasteiger partial charge in [0.15, 0.2) is 12.0 Å². The summed E-state index contributed by atoms with van der Waals surface area (Å²) in [7, 11) is 6.54. The van der Waals surface area contributed by atoms with Crippen LogP contribution >= 0.6 is 0 Å². The molecule has 210 valence electrons. The molecular formula is C31H40N2O6. The van der Waals surface area contributed by atoms with Crippen molar-refractivity contribution in [1.29, 1.82) is 0 Å². The third kappa shape index (κ3) is 7.70. The van der Waals surface area contributed by atoms with Crippen molar-refractivity contribution < 1.29 is 28.5 Å². The highest BCUT2D eigenvalue weighted by atomic mass is 16.7. The quantitative estimate of drug-likeness (QED) is 0.186. The van der Waals surface area contributed by atoms with Crippen molar-refractivity contribution in [3.05, 3.63) is 83.7 Å². The second-order valence-corrected chi connectivity index (χ2v) is 9.61.